The first-order valence-electron chi connectivity index (χ1n) is 5.86. The third kappa shape index (κ3) is 2.83. The third-order valence-electron chi connectivity index (χ3n) is 2.59. The molecule has 2 rings (SSSR count). The van der Waals surface area contributed by atoms with Crippen LogP contribution in [-0.2, 0) is 16.0 Å². The van der Waals surface area contributed by atoms with Gasteiger partial charge in [-0.05, 0) is 19.1 Å². The molecular weight excluding hydrogens is 233 g/mol. The second-order valence-corrected chi connectivity index (χ2v) is 3.92. The second kappa shape index (κ2) is 5.58. The number of halogens is 1. The van der Waals surface area contributed by atoms with Crippen molar-refractivity contribution in [3.8, 4) is 0 Å². The Morgan fingerprint density at radius 3 is 2.89 bits per heavy atom. The van der Waals surface area contributed by atoms with Crippen LogP contribution in [0.15, 0.2) is 36.4 Å². The fourth-order valence-corrected chi connectivity index (χ4v) is 1.72. The number of aromatic nitrogens is 1. The average molecular weight is 247 g/mol. The number of ether oxygens (including phenoxy) is 1. The van der Waals surface area contributed by atoms with Gasteiger partial charge in [0.2, 0.25) is 6.17 Å². The van der Waals surface area contributed by atoms with Crippen molar-refractivity contribution in [2.45, 2.75) is 19.5 Å². The highest BCUT2D eigenvalue weighted by atomic mass is 19.1. The van der Waals surface area contributed by atoms with Crippen LogP contribution in [0.3, 0.4) is 0 Å². The number of rotatable bonds is 4. The van der Waals surface area contributed by atoms with Crippen molar-refractivity contribution >= 4 is 16.9 Å². The Morgan fingerprint density at radius 1 is 1.33 bits per heavy atom. The van der Waals surface area contributed by atoms with Gasteiger partial charge in [0.15, 0.2) is 0 Å². The van der Waals surface area contributed by atoms with Gasteiger partial charge in [-0.1, -0.05) is 24.3 Å². The molecule has 0 amide bonds. The number of alkyl halides is 1. The number of fused-ring (bicyclic) bond motifs is 1. The maximum absolute atomic E-state index is 13.6. The number of benzene rings is 1. The van der Waals surface area contributed by atoms with Crippen molar-refractivity contribution in [3.05, 3.63) is 42.1 Å². The van der Waals surface area contributed by atoms with Gasteiger partial charge >= 0.3 is 5.97 Å². The summed E-state index contributed by atoms with van der Waals surface area (Å²) >= 11 is 0. The minimum atomic E-state index is -1.65. The standard InChI is InChI=1S/C14H14FNO2/c1-2-18-14(17)12(15)9-11-8-7-10-5-3-4-6-13(10)16-11/h3-8,12H,2,9H2,1H3. The van der Waals surface area contributed by atoms with E-state index in [1.807, 2.05) is 30.3 Å². The summed E-state index contributed by atoms with van der Waals surface area (Å²) in [5, 5.41) is 0.993. The molecule has 0 bridgehead atoms. The molecule has 0 aliphatic carbocycles. The molecular formula is C14H14FNO2. The Bertz CT molecular complexity index is 556. The molecule has 0 N–H and O–H groups in total. The summed E-state index contributed by atoms with van der Waals surface area (Å²) in [6.45, 7) is 1.84. The van der Waals surface area contributed by atoms with Crippen LogP contribution < -0.4 is 0 Å². The molecule has 1 aromatic heterocycles. The highest BCUT2D eigenvalue weighted by Gasteiger charge is 2.19. The molecule has 1 heterocycles. The first-order valence-corrected chi connectivity index (χ1v) is 5.86. The quantitative estimate of drug-likeness (QED) is 0.780. The van der Waals surface area contributed by atoms with Crippen molar-refractivity contribution < 1.29 is 13.9 Å². The SMILES string of the molecule is CCOC(=O)C(F)Cc1ccc2ccccc2n1. The molecule has 3 nitrogen and oxygen atoms in total. The minimum Gasteiger partial charge on any atom is -0.464 e. The van der Waals surface area contributed by atoms with E-state index in [2.05, 4.69) is 9.72 Å². The Kier molecular flexibility index (Phi) is 3.87. The lowest BCUT2D eigenvalue weighted by Crippen LogP contribution is -2.21. The molecule has 0 fully saturated rings. The Morgan fingerprint density at radius 2 is 2.11 bits per heavy atom. The first kappa shape index (κ1) is 12.5. The number of para-hydroxylation sites is 1. The molecule has 1 atom stereocenters. The van der Waals surface area contributed by atoms with E-state index in [0.717, 1.165) is 10.9 Å². The molecule has 0 saturated carbocycles. The van der Waals surface area contributed by atoms with Crippen molar-refractivity contribution in [1.29, 1.82) is 0 Å². The molecule has 18 heavy (non-hydrogen) atoms. The van der Waals surface area contributed by atoms with E-state index in [4.69, 9.17) is 0 Å². The van der Waals surface area contributed by atoms with Crippen molar-refractivity contribution in [2.24, 2.45) is 0 Å². The molecule has 94 valence electrons. The van der Waals surface area contributed by atoms with E-state index in [1.54, 1.807) is 13.0 Å². The molecule has 0 radical (unpaired) electrons. The van der Waals surface area contributed by atoms with Gasteiger partial charge in [0.05, 0.1) is 12.1 Å². The van der Waals surface area contributed by atoms with Crippen LogP contribution >= 0.6 is 0 Å². The number of esters is 1. The number of carbonyl (C=O) groups excluding carboxylic acids is 1. The number of hydrogen-bond acceptors (Lipinski definition) is 3. The predicted octanol–water partition coefficient (Wildman–Crippen LogP) is 2.68. The molecule has 0 aliphatic heterocycles. The summed E-state index contributed by atoms with van der Waals surface area (Å²) in [6, 6.07) is 11.2. The summed E-state index contributed by atoms with van der Waals surface area (Å²) in [7, 11) is 0. The highest BCUT2D eigenvalue weighted by Crippen LogP contribution is 2.13. The zero-order chi connectivity index (χ0) is 13.0. The summed E-state index contributed by atoms with van der Waals surface area (Å²) in [5.41, 5.74) is 1.35. The second-order valence-electron chi connectivity index (χ2n) is 3.92. The lowest BCUT2D eigenvalue weighted by molar-refractivity contribution is -0.149. The van der Waals surface area contributed by atoms with Crippen LogP contribution in [0.4, 0.5) is 4.39 Å². The van der Waals surface area contributed by atoms with Crippen LogP contribution in [0.2, 0.25) is 0 Å². The topological polar surface area (TPSA) is 39.2 Å². The number of nitrogens with zero attached hydrogens (tertiary/aromatic N) is 1. The fourth-order valence-electron chi connectivity index (χ4n) is 1.72. The zero-order valence-electron chi connectivity index (χ0n) is 10.1. The Hall–Kier alpha value is -1.97. The van der Waals surface area contributed by atoms with Crippen LogP contribution in [0.1, 0.15) is 12.6 Å². The van der Waals surface area contributed by atoms with Gasteiger partial charge < -0.3 is 4.74 Å². The first-order chi connectivity index (χ1) is 8.70. The van der Waals surface area contributed by atoms with Crippen molar-refractivity contribution in [2.75, 3.05) is 6.61 Å². The van der Waals surface area contributed by atoms with E-state index < -0.39 is 12.1 Å². The van der Waals surface area contributed by atoms with Gasteiger partial charge in [-0.3, -0.25) is 4.98 Å². The number of carbonyl (C=O) groups is 1. The van der Waals surface area contributed by atoms with Gasteiger partial charge in [-0.2, -0.15) is 0 Å². The van der Waals surface area contributed by atoms with Crippen LogP contribution in [0, 0.1) is 0 Å². The summed E-state index contributed by atoms with van der Waals surface area (Å²) in [4.78, 5) is 15.5. The van der Waals surface area contributed by atoms with Gasteiger partial charge in [0.25, 0.3) is 0 Å². The summed E-state index contributed by atoms with van der Waals surface area (Å²) < 4.78 is 18.2. The average Bonchev–Trinajstić information content (AvgIpc) is 2.39. The Balaban J connectivity index is 2.14. The predicted molar refractivity (Wildman–Crippen MR) is 67.0 cm³/mol. The molecule has 1 aromatic carbocycles. The van der Waals surface area contributed by atoms with Gasteiger partial charge in [-0.15, -0.1) is 0 Å². The van der Waals surface area contributed by atoms with E-state index in [-0.39, 0.29) is 13.0 Å². The van der Waals surface area contributed by atoms with E-state index in [9.17, 15) is 9.18 Å². The summed E-state index contributed by atoms with van der Waals surface area (Å²) in [5.74, 6) is -0.826. The van der Waals surface area contributed by atoms with Crippen LogP contribution in [0.25, 0.3) is 10.9 Å². The lowest BCUT2D eigenvalue weighted by Gasteiger charge is -2.07. The van der Waals surface area contributed by atoms with Crippen molar-refractivity contribution in [3.63, 3.8) is 0 Å². The molecule has 0 spiro atoms. The highest BCUT2D eigenvalue weighted by molar-refractivity contribution is 5.79. The third-order valence-corrected chi connectivity index (χ3v) is 2.59. The normalized spacial score (nSPS) is 12.3. The maximum atomic E-state index is 13.6. The summed E-state index contributed by atoms with van der Waals surface area (Å²) in [6.07, 6.45) is -1.71. The van der Waals surface area contributed by atoms with E-state index in [1.165, 1.54) is 0 Å². The molecule has 0 aliphatic rings. The zero-order valence-corrected chi connectivity index (χ0v) is 10.1. The van der Waals surface area contributed by atoms with Gasteiger partial charge in [0.1, 0.15) is 0 Å². The van der Waals surface area contributed by atoms with E-state index in [0.29, 0.717) is 5.69 Å². The Labute approximate surface area is 105 Å². The smallest absolute Gasteiger partial charge is 0.341 e. The number of hydrogen-bond donors (Lipinski definition) is 0. The molecule has 0 saturated heterocycles. The lowest BCUT2D eigenvalue weighted by atomic mass is 10.1. The minimum absolute atomic E-state index is 0.0519. The van der Waals surface area contributed by atoms with Crippen LogP contribution in [0.5, 0.6) is 0 Å². The fraction of sp³-hybridized carbons (Fsp3) is 0.286. The molecule has 4 heteroatoms. The molecule has 1 unspecified atom stereocenters. The maximum Gasteiger partial charge on any atom is 0.341 e. The largest absolute Gasteiger partial charge is 0.464 e. The van der Waals surface area contributed by atoms with Crippen LogP contribution in [-0.4, -0.2) is 23.7 Å². The van der Waals surface area contributed by atoms with Gasteiger partial charge in [0, 0.05) is 17.5 Å². The molecule has 2 aromatic rings. The van der Waals surface area contributed by atoms with E-state index >= 15 is 0 Å². The number of pyridine rings is 1. The van der Waals surface area contributed by atoms with Gasteiger partial charge in [-0.25, -0.2) is 9.18 Å². The van der Waals surface area contributed by atoms with Crippen molar-refractivity contribution in [1.82, 2.24) is 4.98 Å². The monoisotopic (exact) mass is 247 g/mol.